The molecule has 16 heavy (non-hydrogen) atoms. The fourth-order valence-electron chi connectivity index (χ4n) is 1.05. The van der Waals surface area contributed by atoms with Crippen LogP contribution in [0.4, 0.5) is 12.9 Å². The van der Waals surface area contributed by atoms with Gasteiger partial charge in [0.05, 0.1) is 0 Å². The normalized spacial score (nSPS) is 11.2. The summed E-state index contributed by atoms with van der Waals surface area (Å²) in [7, 11) is 0. The van der Waals surface area contributed by atoms with Crippen molar-refractivity contribution in [2.24, 2.45) is 0 Å². The molecule has 0 saturated carbocycles. The van der Waals surface area contributed by atoms with E-state index in [9.17, 15) is 12.9 Å². The monoisotopic (exact) mass is 254 g/mol. The number of allylic oxidation sites excluding steroid dienone is 1. The van der Waals surface area contributed by atoms with Crippen molar-refractivity contribution in [3.8, 4) is 5.75 Å². The molecule has 0 aliphatic heterocycles. The Labute approximate surface area is 136 Å². The van der Waals surface area contributed by atoms with E-state index >= 15 is 0 Å². The van der Waals surface area contributed by atoms with Gasteiger partial charge in [-0.25, -0.2) is 0 Å². The first-order chi connectivity index (χ1) is 7.04. The third kappa shape index (κ3) is 5.54. The van der Waals surface area contributed by atoms with Gasteiger partial charge in [-0.05, 0) is 19.1 Å². The van der Waals surface area contributed by atoms with Crippen molar-refractivity contribution in [3.05, 3.63) is 36.4 Å². The molecule has 0 radical (unpaired) electrons. The van der Waals surface area contributed by atoms with Crippen LogP contribution >= 0.6 is 0 Å². The van der Waals surface area contributed by atoms with E-state index in [1.54, 1.807) is 12.2 Å². The van der Waals surface area contributed by atoms with Crippen molar-refractivity contribution in [2.75, 3.05) is 6.61 Å². The standard InChI is InChI=1S/C10H11BF3O.K/c1-2-3-7-15-10-6-4-5-9(8-10)11(12,13)14;/h2-6,8H,7H2,1H3;/q-1;+1. The summed E-state index contributed by atoms with van der Waals surface area (Å²) in [5.41, 5.74) is -0.632. The molecule has 0 fully saturated rings. The van der Waals surface area contributed by atoms with Gasteiger partial charge >= 0.3 is 58.4 Å². The number of hydrogen-bond acceptors (Lipinski definition) is 1. The van der Waals surface area contributed by atoms with Gasteiger partial charge in [0.1, 0.15) is 12.4 Å². The first-order valence-corrected chi connectivity index (χ1v) is 4.58. The SMILES string of the molecule is CC=CCOc1cccc([B-](F)(F)F)c1.[K+]. The van der Waals surface area contributed by atoms with E-state index in [0.717, 1.165) is 12.1 Å². The molecule has 82 valence electrons. The van der Waals surface area contributed by atoms with Crippen LogP contribution in [0.25, 0.3) is 0 Å². The van der Waals surface area contributed by atoms with E-state index in [4.69, 9.17) is 4.74 Å². The molecule has 1 nitrogen and oxygen atoms in total. The maximum absolute atomic E-state index is 12.3. The van der Waals surface area contributed by atoms with Gasteiger partial charge in [0.15, 0.2) is 0 Å². The molecule has 0 atom stereocenters. The summed E-state index contributed by atoms with van der Waals surface area (Å²) in [4.78, 5) is 0. The molecular weight excluding hydrogens is 243 g/mol. The van der Waals surface area contributed by atoms with Crippen molar-refractivity contribution in [3.63, 3.8) is 0 Å². The van der Waals surface area contributed by atoms with Crippen LogP contribution in [0.3, 0.4) is 0 Å². The Hall–Kier alpha value is 0.251. The zero-order valence-corrected chi connectivity index (χ0v) is 12.4. The van der Waals surface area contributed by atoms with Crippen molar-refractivity contribution in [1.29, 1.82) is 0 Å². The molecule has 0 amide bonds. The third-order valence-corrected chi connectivity index (χ3v) is 1.82. The van der Waals surface area contributed by atoms with Gasteiger partial charge in [0, 0.05) is 0 Å². The fourth-order valence-corrected chi connectivity index (χ4v) is 1.05. The summed E-state index contributed by atoms with van der Waals surface area (Å²) in [5.74, 6) is 0.241. The van der Waals surface area contributed by atoms with Crippen LogP contribution < -0.4 is 61.6 Å². The first-order valence-electron chi connectivity index (χ1n) is 4.58. The topological polar surface area (TPSA) is 9.23 Å². The summed E-state index contributed by atoms with van der Waals surface area (Å²) < 4.78 is 42.2. The average Bonchev–Trinajstić information content (AvgIpc) is 2.17. The van der Waals surface area contributed by atoms with Crippen molar-refractivity contribution in [2.45, 2.75) is 6.92 Å². The molecule has 1 aromatic carbocycles. The molecule has 0 bridgehead atoms. The summed E-state index contributed by atoms with van der Waals surface area (Å²) in [6.45, 7) is -2.84. The summed E-state index contributed by atoms with van der Waals surface area (Å²) in [6, 6.07) is 4.91. The third-order valence-electron chi connectivity index (χ3n) is 1.82. The van der Waals surface area contributed by atoms with Crippen molar-refractivity contribution in [1.82, 2.24) is 0 Å². The Bertz CT molecular complexity index is 352. The molecule has 0 saturated heterocycles. The Kier molecular flexibility index (Phi) is 7.67. The number of halogens is 3. The first kappa shape index (κ1) is 16.3. The van der Waals surface area contributed by atoms with Crippen molar-refractivity contribution >= 4 is 12.4 Å². The van der Waals surface area contributed by atoms with Crippen molar-refractivity contribution < 1.29 is 69.1 Å². The quantitative estimate of drug-likeness (QED) is 0.529. The number of benzene rings is 1. The summed E-state index contributed by atoms with van der Waals surface area (Å²) in [5, 5.41) is 0. The van der Waals surface area contributed by atoms with Gasteiger partial charge in [-0.15, -0.1) is 5.46 Å². The Morgan fingerprint density at radius 2 is 2.00 bits per heavy atom. The fraction of sp³-hybridized carbons (Fsp3) is 0.200. The predicted octanol–water partition coefficient (Wildman–Crippen LogP) is -0.300. The van der Waals surface area contributed by atoms with E-state index in [2.05, 4.69) is 0 Å². The second-order valence-corrected chi connectivity index (χ2v) is 3.03. The Morgan fingerprint density at radius 1 is 1.31 bits per heavy atom. The van der Waals surface area contributed by atoms with E-state index in [1.807, 2.05) is 6.92 Å². The molecule has 0 aliphatic rings. The van der Waals surface area contributed by atoms with Crippen LogP contribution in [-0.4, -0.2) is 13.6 Å². The largest absolute Gasteiger partial charge is 1.00 e. The molecular formula is C10H11BF3KO. The molecule has 0 aromatic heterocycles. The van der Waals surface area contributed by atoms with Gasteiger partial charge < -0.3 is 17.7 Å². The van der Waals surface area contributed by atoms with Crippen LogP contribution in [0.15, 0.2) is 36.4 Å². The van der Waals surface area contributed by atoms with Crippen LogP contribution in [0.1, 0.15) is 6.92 Å². The zero-order chi connectivity index (χ0) is 11.3. The number of hydrogen-bond donors (Lipinski definition) is 0. The van der Waals surface area contributed by atoms with Crippen LogP contribution in [0.5, 0.6) is 5.75 Å². The van der Waals surface area contributed by atoms with E-state index < -0.39 is 12.4 Å². The maximum atomic E-state index is 12.3. The molecule has 0 aliphatic carbocycles. The molecule has 0 unspecified atom stereocenters. The number of ether oxygens (including phenoxy) is 1. The minimum absolute atomic E-state index is 0. The zero-order valence-electron chi connectivity index (χ0n) is 9.29. The van der Waals surface area contributed by atoms with E-state index in [1.165, 1.54) is 12.1 Å². The average molecular weight is 254 g/mol. The Balaban J connectivity index is 0.00000225. The molecule has 0 spiro atoms. The molecule has 6 heteroatoms. The molecule has 1 rings (SSSR count). The summed E-state index contributed by atoms with van der Waals surface area (Å²) in [6.07, 6.45) is 3.50. The number of rotatable bonds is 4. The molecule has 0 N–H and O–H groups in total. The van der Waals surface area contributed by atoms with Gasteiger partial charge in [-0.3, -0.25) is 0 Å². The Morgan fingerprint density at radius 3 is 2.56 bits per heavy atom. The van der Waals surface area contributed by atoms with Gasteiger partial charge in [-0.1, -0.05) is 24.3 Å². The predicted molar refractivity (Wildman–Crippen MR) is 55.5 cm³/mol. The second-order valence-electron chi connectivity index (χ2n) is 3.03. The summed E-state index contributed by atoms with van der Waals surface area (Å²) >= 11 is 0. The minimum Gasteiger partial charge on any atom is -0.490 e. The van der Waals surface area contributed by atoms with E-state index in [-0.39, 0.29) is 63.7 Å². The smallest absolute Gasteiger partial charge is 0.490 e. The minimum atomic E-state index is -4.95. The molecule has 1 aromatic rings. The second kappa shape index (κ2) is 7.55. The maximum Gasteiger partial charge on any atom is 1.00 e. The van der Waals surface area contributed by atoms with Crippen LogP contribution in [-0.2, 0) is 0 Å². The van der Waals surface area contributed by atoms with Gasteiger partial charge in [0.25, 0.3) is 0 Å². The molecule has 0 heterocycles. The van der Waals surface area contributed by atoms with Gasteiger partial charge in [0.2, 0.25) is 0 Å². The van der Waals surface area contributed by atoms with Crippen LogP contribution in [0, 0.1) is 0 Å². The van der Waals surface area contributed by atoms with E-state index in [0.29, 0.717) is 0 Å². The van der Waals surface area contributed by atoms with Crippen LogP contribution in [0.2, 0.25) is 0 Å². The van der Waals surface area contributed by atoms with Gasteiger partial charge in [-0.2, -0.15) is 0 Å².